The number of carbonyl (C=O) groups is 2. The number of hydrogen-bond acceptors (Lipinski definition) is 2. The fourth-order valence-corrected chi connectivity index (χ4v) is 2.69. The van der Waals surface area contributed by atoms with Crippen LogP contribution < -0.4 is 10.2 Å². The van der Waals surface area contributed by atoms with Crippen molar-refractivity contribution < 1.29 is 9.59 Å². The molecule has 0 aliphatic heterocycles. The predicted molar refractivity (Wildman–Crippen MR) is 114 cm³/mol. The first-order valence-corrected chi connectivity index (χ1v) is 9.02. The Bertz CT molecular complexity index is 975. The highest BCUT2D eigenvalue weighted by molar-refractivity contribution is 6.06. The second kappa shape index (κ2) is 8.82. The molecular formula is C24H22N2O2. The Hall–Kier alpha value is -3.66. The summed E-state index contributed by atoms with van der Waals surface area (Å²) < 4.78 is 0. The molecule has 0 aliphatic carbocycles. The first-order valence-electron chi connectivity index (χ1n) is 9.02. The van der Waals surface area contributed by atoms with E-state index in [0.717, 1.165) is 11.3 Å². The van der Waals surface area contributed by atoms with Gasteiger partial charge in [0.25, 0.3) is 5.91 Å². The van der Waals surface area contributed by atoms with Gasteiger partial charge >= 0.3 is 0 Å². The van der Waals surface area contributed by atoms with Crippen LogP contribution in [0, 0.1) is 6.92 Å². The van der Waals surface area contributed by atoms with Crippen LogP contribution >= 0.6 is 0 Å². The minimum Gasteiger partial charge on any atom is -0.323 e. The van der Waals surface area contributed by atoms with Crippen molar-refractivity contribution in [3.05, 3.63) is 102 Å². The highest BCUT2D eigenvalue weighted by Gasteiger charge is 2.13. The number of aryl methyl sites for hydroxylation is 1. The Kier molecular flexibility index (Phi) is 6.02. The van der Waals surface area contributed by atoms with Crippen molar-refractivity contribution in [3.8, 4) is 0 Å². The molecule has 4 nitrogen and oxygen atoms in total. The molecule has 0 saturated heterocycles. The molecule has 0 heterocycles. The van der Waals surface area contributed by atoms with Crippen molar-refractivity contribution in [2.24, 2.45) is 0 Å². The SMILES string of the molecule is Cc1ccc(/C=C/C(=O)Nc2ccc(C(=O)N(C)c3ccccc3)cc2)cc1. The monoisotopic (exact) mass is 370 g/mol. The van der Waals surface area contributed by atoms with Gasteiger partial charge in [-0.3, -0.25) is 9.59 Å². The van der Waals surface area contributed by atoms with E-state index in [0.29, 0.717) is 11.3 Å². The fourth-order valence-electron chi connectivity index (χ4n) is 2.69. The first kappa shape index (κ1) is 19.1. The average Bonchev–Trinajstić information content (AvgIpc) is 2.73. The van der Waals surface area contributed by atoms with Gasteiger partial charge in [0.05, 0.1) is 0 Å². The van der Waals surface area contributed by atoms with Gasteiger partial charge in [-0.05, 0) is 55.0 Å². The lowest BCUT2D eigenvalue weighted by Gasteiger charge is -2.17. The molecule has 140 valence electrons. The average molecular weight is 370 g/mol. The number of rotatable bonds is 5. The topological polar surface area (TPSA) is 49.4 Å². The molecule has 3 aromatic rings. The molecular weight excluding hydrogens is 348 g/mol. The minimum atomic E-state index is -0.221. The molecule has 0 aromatic heterocycles. The number of hydrogen-bond donors (Lipinski definition) is 1. The molecule has 3 rings (SSSR count). The van der Waals surface area contributed by atoms with Crippen LogP contribution in [-0.4, -0.2) is 18.9 Å². The molecule has 0 spiro atoms. The lowest BCUT2D eigenvalue weighted by Crippen LogP contribution is -2.26. The number of benzene rings is 3. The summed E-state index contributed by atoms with van der Waals surface area (Å²) in [6, 6.07) is 24.2. The Morgan fingerprint density at radius 1 is 0.857 bits per heavy atom. The number of nitrogens with zero attached hydrogens (tertiary/aromatic N) is 1. The van der Waals surface area contributed by atoms with Gasteiger partial charge in [-0.15, -0.1) is 0 Å². The molecule has 1 N–H and O–H groups in total. The standard InChI is InChI=1S/C24H22N2O2/c1-18-8-10-19(11-9-18)12-17-23(27)25-21-15-13-20(14-16-21)24(28)26(2)22-6-4-3-5-7-22/h3-17H,1-2H3,(H,25,27)/b17-12+. The van der Waals surface area contributed by atoms with E-state index < -0.39 is 0 Å². The number of anilines is 2. The van der Waals surface area contributed by atoms with Gasteiger partial charge in [-0.2, -0.15) is 0 Å². The van der Waals surface area contributed by atoms with Crippen molar-refractivity contribution in [2.75, 3.05) is 17.3 Å². The normalized spacial score (nSPS) is 10.6. The summed E-state index contributed by atoms with van der Waals surface area (Å²) in [6.07, 6.45) is 3.26. The van der Waals surface area contributed by atoms with Gasteiger partial charge in [-0.25, -0.2) is 0 Å². The van der Waals surface area contributed by atoms with E-state index >= 15 is 0 Å². The Morgan fingerprint density at radius 2 is 1.50 bits per heavy atom. The second-order valence-electron chi connectivity index (χ2n) is 6.51. The Labute approximate surface area is 165 Å². The van der Waals surface area contributed by atoms with Gasteiger partial charge < -0.3 is 10.2 Å². The zero-order valence-corrected chi connectivity index (χ0v) is 15.9. The summed E-state index contributed by atoms with van der Waals surface area (Å²) in [6.45, 7) is 2.02. The zero-order valence-electron chi connectivity index (χ0n) is 15.9. The largest absolute Gasteiger partial charge is 0.323 e. The van der Waals surface area contributed by atoms with Crippen LogP contribution in [0.1, 0.15) is 21.5 Å². The molecule has 0 unspecified atom stereocenters. The maximum absolute atomic E-state index is 12.6. The summed E-state index contributed by atoms with van der Waals surface area (Å²) in [5.74, 6) is -0.329. The third kappa shape index (κ3) is 4.95. The lowest BCUT2D eigenvalue weighted by atomic mass is 10.1. The van der Waals surface area contributed by atoms with Crippen LogP contribution in [0.25, 0.3) is 6.08 Å². The van der Waals surface area contributed by atoms with E-state index in [1.165, 1.54) is 11.6 Å². The maximum Gasteiger partial charge on any atom is 0.258 e. The molecule has 28 heavy (non-hydrogen) atoms. The van der Waals surface area contributed by atoms with E-state index in [9.17, 15) is 9.59 Å². The highest BCUT2D eigenvalue weighted by Crippen LogP contribution is 2.16. The molecule has 0 bridgehead atoms. The van der Waals surface area contributed by atoms with Crippen molar-refractivity contribution >= 4 is 29.3 Å². The molecule has 3 aromatic carbocycles. The third-order valence-electron chi connectivity index (χ3n) is 4.35. The molecule has 0 saturated carbocycles. The zero-order chi connectivity index (χ0) is 19.9. The molecule has 0 aliphatic rings. The van der Waals surface area contributed by atoms with Crippen molar-refractivity contribution in [3.63, 3.8) is 0 Å². The molecule has 2 amide bonds. The smallest absolute Gasteiger partial charge is 0.258 e. The van der Waals surface area contributed by atoms with Crippen molar-refractivity contribution in [2.45, 2.75) is 6.92 Å². The van der Waals surface area contributed by atoms with Crippen LogP contribution in [0.2, 0.25) is 0 Å². The fraction of sp³-hybridized carbons (Fsp3) is 0.0833. The van der Waals surface area contributed by atoms with Gasteiger partial charge in [0.15, 0.2) is 0 Å². The van der Waals surface area contributed by atoms with Crippen molar-refractivity contribution in [1.82, 2.24) is 0 Å². The summed E-state index contributed by atoms with van der Waals surface area (Å²) in [5, 5.41) is 2.80. The third-order valence-corrected chi connectivity index (χ3v) is 4.35. The van der Waals surface area contributed by atoms with E-state index in [1.54, 1.807) is 42.3 Å². The lowest BCUT2D eigenvalue weighted by molar-refractivity contribution is -0.111. The van der Waals surface area contributed by atoms with Crippen LogP contribution in [-0.2, 0) is 4.79 Å². The van der Waals surface area contributed by atoms with Gasteiger partial charge in [0, 0.05) is 30.1 Å². The Balaban J connectivity index is 1.61. The van der Waals surface area contributed by atoms with Crippen LogP contribution in [0.3, 0.4) is 0 Å². The second-order valence-corrected chi connectivity index (χ2v) is 6.51. The predicted octanol–water partition coefficient (Wildman–Crippen LogP) is 4.92. The number of para-hydroxylation sites is 1. The molecule has 0 fully saturated rings. The molecule has 4 heteroatoms. The van der Waals surface area contributed by atoms with E-state index in [-0.39, 0.29) is 11.8 Å². The number of carbonyl (C=O) groups excluding carboxylic acids is 2. The summed E-state index contributed by atoms with van der Waals surface area (Å²) in [7, 11) is 1.74. The number of amides is 2. The summed E-state index contributed by atoms with van der Waals surface area (Å²) in [4.78, 5) is 26.3. The van der Waals surface area contributed by atoms with Crippen molar-refractivity contribution in [1.29, 1.82) is 0 Å². The van der Waals surface area contributed by atoms with E-state index in [4.69, 9.17) is 0 Å². The van der Waals surface area contributed by atoms with E-state index in [1.807, 2.05) is 61.5 Å². The maximum atomic E-state index is 12.6. The quantitative estimate of drug-likeness (QED) is 0.648. The van der Waals surface area contributed by atoms with Gasteiger partial charge in [0.1, 0.15) is 0 Å². The van der Waals surface area contributed by atoms with Crippen LogP contribution in [0.5, 0.6) is 0 Å². The van der Waals surface area contributed by atoms with Crippen LogP contribution in [0.4, 0.5) is 11.4 Å². The van der Waals surface area contributed by atoms with Gasteiger partial charge in [0.2, 0.25) is 5.91 Å². The molecule has 0 atom stereocenters. The minimum absolute atomic E-state index is 0.108. The molecule has 0 radical (unpaired) electrons. The highest BCUT2D eigenvalue weighted by atomic mass is 16.2. The summed E-state index contributed by atoms with van der Waals surface area (Å²) in [5.41, 5.74) is 4.16. The number of nitrogens with one attached hydrogen (secondary N) is 1. The van der Waals surface area contributed by atoms with Gasteiger partial charge in [-0.1, -0.05) is 48.0 Å². The Morgan fingerprint density at radius 3 is 2.14 bits per heavy atom. The van der Waals surface area contributed by atoms with Crippen LogP contribution in [0.15, 0.2) is 84.9 Å². The van der Waals surface area contributed by atoms with E-state index in [2.05, 4.69) is 5.32 Å². The summed E-state index contributed by atoms with van der Waals surface area (Å²) >= 11 is 0. The first-order chi connectivity index (χ1) is 13.5.